The average molecular weight is 231 g/mol. The third-order valence-corrected chi connectivity index (χ3v) is 3.72. The van der Waals surface area contributed by atoms with E-state index in [0.29, 0.717) is 0 Å². The summed E-state index contributed by atoms with van der Waals surface area (Å²) in [5.74, 6) is -0.774. The Morgan fingerprint density at radius 1 is 1.40 bits per heavy atom. The van der Waals surface area contributed by atoms with Gasteiger partial charge in [-0.25, -0.2) is 0 Å². The van der Waals surface area contributed by atoms with Gasteiger partial charge in [-0.2, -0.15) is 0 Å². The molecule has 1 fully saturated rings. The van der Waals surface area contributed by atoms with Gasteiger partial charge in [-0.1, -0.05) is 12.2 Å². The first kappa shape index (κ1) is 10.9. The lowest BCUT2D eigenvalue weighted by Crippen LogP contribution is -2.48. The summed E-state index contributed by atoms with van der Waals surface area (Å²) in [6, 6.07) is 0. The number of carbonyl (C=O) groups excluding carboxylic acids is 1. The van der Waals surface area contributed by atoms with Crippen LogP contribution in [0, 0.1) is 17.8 Å². The van der Waals surface area contributed by atoms with Gasteiger partial charge in [0.25, 0.3) is 0 Å². The molecule has 2 bridgehead atoms. The fourth-order valence-electron chi connectivity index (χ4n) is 2.60. The Labute approximate surface area is 88.2 Å². The predicted molar refractivity (Wildman–Crippen MR) is 54.1 cm³/mol. The highest BCUT2D eigenvalue weighted by molar-refractivity contribution is 7.32. The highest BCUT2D eigenvalue weighted by Gasteiger charge is 2.45. The SMILES string of the molecule is NC(=O)C1C2C=CC(CC2)C1O[PH](=O)O. The molecule has 1 saturated carbocycles. The maximum atomic E-state index is 11.3. The highest BCUT2D eigenvalue weighted by Crippen LogP contribution is 2.44. The molecule has 0 heterocycles. The summed E-state index contributed by atoms with van der Waals surface area (Å²) in [7, 11) is -3.01. The summed E-state index contributed by atoms with van der Waals surface area (Å²) in [6.07, 6.45) is 5.22. The molecule has 5 unspecified atom stereocenters. The summed E-state index contributed by atoms with van der Waals surface area (Å²) in [6.45, 7) is 0. The van der Waals surface area contributed by atoms with E-state index in [1.165, 1.54) is 0 Å². The number of rotatable bonds is 3. The molecule has 15 heavy (non-hydrogen) atoms. The quantitative estimate of drug-likeness (QED) is 0.545. The summed E-state index contributed by atoms with van der Waals surface area (Å²) >= 11 is 0. The van der Waals surface area contributed by atoms with E-state index >= 15 is 0 Å². The lowest BCUT2D eigenvalue weighted by Gasteiger charge is -2.42. The van der Waals surface area contributed by atoms with Gasteiger partial charge >= 0.3 is 8.25 Å². The molecule has 0 aliphatic heterocycles. The summed E-state index contributed by atoms with van der Waals surface area (Å²) in [5.41, 5.74) is 5.29. The molecule has 3 rings (SSSR count). The maximum Gasteiger partial charge on any atom is 0.316 e. The monoisotopic (exact) mass is 231 g/mol. The molecule has 3 N–H and O–H groups in total. The number of hydrogen-bond donors (Lipinski definition) is 2. The van der Waals surface area contributed by atoms with E-state index in [9.17, 15) is 9.36 Å². The van der Waals surface area contributed by atoms with Crippen LogP contribution in [0.4, 0.5) is 0 Å². The second-order valence-electron chi connectivity index (χ2n) is 4.07. The van der Waals surface area contributed by atoms with Crippen molar-refractivity contribution >= 4 is 14.2 Å². The number of nitrogens with two attached hydrogens (primary N) is 1. The van der Waals surface area contributed by atoms with Crippen molar-refractivity contribution in [1.82, 2.24) is 0 Å². The third-order valence-electron chi connectivity index (χ3n) is 3.24. The second-order valence-corrected chi connectivity index (χ2v) is 4.83. The van der Waals surface area contributed by atoms with Crippen LogP contribution in [0.1, 0.15) is 12.8 Å². The first-order chi connectivity index (χ1) is 7.09. The molecule has 3 aliphatic carbocycles. The Hall–Kier alpha value is -0.640. The molecule has 0 radical (unpaired) electrons. The zero-order valence-electron chi connectivity index (χ0n) is 8.13. The van der Waals surface area contributed by atoms with Gasteiger partial charge in [-0.15, -0.1) is 0 Å². The Morgan fingerprint density at radius 2 is 2.00 bits per heavy atom. The Kier molecular flexibility index (Phi) is 2.96. The molecule has 3 aliphatic rings. The van der Waals surface area contributed by atoms with Gasteiger partial charge in [-0.3, -0.25) is 9.36 Å². The van der Waals surface area contributed by atoms with E-state index in [2.05, 4.69) is 0 Å². The summed E-state index contributed by atoms with van der Waals surface area (Å²) in [4.78, 5) is 20.1. The first-order valence-corrected chi connectivity index (χ1v) is 6.23. The molecular formula is C9H14NO4P. The number of allylic oxidation sites excluding steroid dienone is 1. The fraction of sp³-hybridized carbons (Fsp3) is 0.667. The van der Waals surface area contributed by atoms with E-state index in [0.717, 1.165) is 12.8 Å². The van der Waals surface area contributed by atoms with Crippen molar-refractivity contribution in [2.75, 3.05) is 0 Å². The molecule has 0 saturated heterocycles. The van der Waals surface area contributed by atoms with E-state index in [1.807, 2.05) is 12.2 Å². The third kappa shape index (κ3) is 2.00. The van der Waals surface area contributed by atoms with Crippen LogP contribution in [0.15, 0.2) is 12.2 Å². The minimum Gasteiger partial charge on any atom is -0.369 e. The number of amides is 1. The summed E-state index contributed by atoms with van der Waals surface area (Å²) < 4.78 is 15.6. The van der Waals surface area contributed by atoms with Crippen LogP contribution < -0.4 is 5.73 Å². The predicted octanol–water partition coefficient (Wildman–Crippen LogP) is 0.451. The van der Waals surface area contributed by atoms with Crippen LogP contribution in [-0.4, -0.2) is 16.9 Å². The normalized spacial score (nSPS) is 40.3. The van der Waals surface area contributed by atoms with Crippen LogP contribution in [-0.2, 0) is 13.9 Å². The lowest BCUT2D eigenvalue weighted by molar-refractivity contribution is -0.129. The van der Waals surface area contributed by atoms with Crippen LogP contribution in [0.5, 0.6) is 0 Å². The van der Waals surface area contributed by atoms with Crippen LogP contribution in [0.25, 0.3) is 0 Å². The van der Waals surface area contributed by atoms with Gasteiger partial charge in [0, 0.05) is 5.92 Å². The van der Waals surface area contributed by atoms with E-state index in [-0.39, 0.29) is 11.8 Å². The Balaban J connectivity index is 2.22. The largest absolute Gasteiger partial charge is 0.369 e. The van der Waals surface area contributed by atoms with E-state index in [4.69, 9.17) is 15.2 Å². The van der Waals surface area contributed by atoms with Crippen LogP contribution in [0.2, 0.25) is 0 Å². The number of fused-ring (bicyclic) bond motifs is 2. The molecule has 0 aromatic carbocycles. The highest BCUT2D eigenvalue weighted by atomic mass is 31.1. The zero-order chi connectivity index (χ0) is 11.0. The zero-order valence-corrected chi connectivity index (χ0v) is 9.13. The molecule has 0 aromatic heterocycles. The average Bonchev–Trinajstić information content (AvgIpc) is 2.17. The molecule has 1 amide bonds. The topological polar surface area (TPSA) is 89.6 Å². The summed E-state index contributed by atoms with van der Waals surface area (Å²) in [5, 5.41) is 0. The number of primary amides is 1. The van der Waals surface area contributed by atoms with E-state index in [1.54, 1.807) is 0 Å². The van der Waals surface area contributed by atoms with Crippen molar-refractivity contribution in [2.24, 2.45) is 23.5 Å². The molecule has 6 heteroatoms. The second kappa shape index (κ2) is 4.08. The molecule has 0 aromatic rings. The number of hydrogen-bond acceptors (Lipinski definition) is 3. The minimum atomic E-state index is -3.01. The fourth-order valence-corrected chi connectivity index (χ4v) is 3.15. The van der Waals surface area contributed by atoms with Crippen molar-refractivity contribution in [3.8, 4) is 0 Å². The first-order valence-electron chi connectivity index (χ1n) is 4.97. The van der Waals surface area contributed by atoms with Crippen molar-refractivity contribution < 1.29 is 18.8 Å². The smallest absolute Gasteiger partial charge is 0.316 e. The maximum absolute atomic E-state index is 11.3. The van der Waals surface area contributed by atoms with Crippen LogP contribution >= 0.6 is 8.25 Å². The Morgan fingerprint density at radius 3 is 2.47 bits per heavy atom. The number of carbonyl (C=O) groups is 1. The molecular weight excluding hydrogens is 217 g/mol. The molecule has 84 valence electrons. The minimum absolute atomic E-state index is 0.0496. The van der Waals surface area contributed by atoms with Crippen molar-refractivity contribution in [1.29, 1.82) is 0 Å². The molecule has 5 atom stereocenters. The van der Waals surface area contributed by atoms with E-state index < -0.39 is 26.2 Å². The van der Waals surface area contributed by atoms with Gasteiger partial charge in [0.2, 0.25) is 5.91 Å². The van der Waals surface area contributed by atoms with Gasteiger partial charge < -0.3 is 15.2 Å². The van der Waals surface area contributed by atoms with Crippen molar-refractivity contribution in [3.63, 3.8) is 0 Å². The molecule has 5 nitrogen and oxygen atoms in total. The lowest BCUT2D eigenvalue weighted by atomic mass is 9.67. The van der Waals surface area contributed by atoms with Gasteiger partial charge in [0.05, 0.1) is 12.0 Å². The van der Waals surface area contributed by atoms with Crippen molar-refractivity contribution in [2.45, 2.75) is 18.9 Å². The van der Waals surface area contributed by atoms with Crippen LogP contribution in [0.3, 0.4) is 0 Å². The molecule has 0 spiro atoms. The van der Waals surface area contributed by atoms with Crippen molar-refractivity contribution in [3.05, 3.63) is 12.2 Å². The van der Waals surface area contributed by atoms with Gasteiger partial charge in [0.15, 0.2) is 0 Å². The van der Waals surface area contributed by atoms with Gasteiger partial charge in [0.1, 0.15) is 0 Å². The van der Waals surface area contributed by atoms with Gasteiger partial charge in [-0.05, 0) is 18.8 Å². The Bertz CT molecular complexity index is 330. The standard InChI is InChI=1S/C9H14NO4P/c10-9(11)7-5-1-3-6(4-2-5)8(7)14-15(12)13/h1,3,5-8,15H,2,4H2,(H2,10,11)(H,12,13).